The zero-order chi connectivity index (χ0) is 20.9. The van der Waals surface area contributed by atoms with Crippen molar-refractivity contribution in [1.29, 1.82) is 0 Å². The molecule has 1 aromatic heterocycles. The summed E-state index contributed by atoms with van der Waals surface area (Å²) < 4.78 is 0. The standard InChI is InChI=1S/C24H23N3O3/c28-22-12-5-4-11-21(22)27(17-20-10-6-7-13-25-20)24(30)19-14-23(29)26(16-19)15-18-8-2-1-3-9-18/h1-13,19,28H,14-17H2. The number of nitrogens with zero attached hydrogens (tertiary/aromatic N) is 3. The van der Waals surface area contributed by atoms with Gasteiger partial charge in [0.25, 0.3) is 0 Å². The summed E-state index contributed by atoms with van der Waals surface area (Å²) in [5, 5.41) is 10.4. The van der Waals surface area contributed by atoms with Gasteiger partial charge in [0.15, 0.2) is 0 Å². The number of carbonyl (C=O) groups excluding carboxylic acids is 2. The molecule has 6 heteroatoms. The van der Waals surface area contributed by atoms with Crippen LogP contribution in [-0.4, -0.2) is 33.3 Å². The fourth-order valence-corrected chi connectivity index (χ4v) is 3.74. The summed E-state index contributed by atoms with van der Waals surface area (Å²) in [7, 11) is 0. The van der Waals surface area contributed by atoms with Gasteiger partial charge in [0.2, 0.25) is 11.8 Å². The third-order valence-electron chi connectivity index (χ3n) is 5.26. The number of aromatic hydroxyl groups is 1. The first-order valence-electron chi connectivity index (χ1n) is 9.93. The molecule has 1 N–H and O–H groups in total. The number of aromatic nitrogens is 1. The summed E-state index contributed by atoms with van der Waals surface area (Å²) in [6, 6.07) is 22.0. The number of phenolic OH excluding ortho intramolecular Hbond substituents is 1. The van der Waals surface area contributed by atoms with Crippen molar-refractivity contribution in [2.45, 2.75) is 19.5 Å². The zero-order valence-corrected chi connectivity index (χ0v) is 16.5. The van der Waals surface area contributed by atoms with E-state index in [2.05, 4.69) is 4.98 Å². The number of para-hydroxylation sites is 2. The molecule has 6 nitrogen and oxygen atoms in total. The van der Waals surface area contributed by atoms with E-state index in [1.165, 1.54) is 4.90 Å². The lowest BCUT2D eigenvalue weighted by Gasteiger charge is -2.26. The van der Waals surface area contributed by atoms with Gasteiger partial charge < -0.3 is 14.9 Å². The van der Waals surface area contributed by atoms with E-state index in [9.17, 15) is 14.7 Å². The molecule has 0 bridgehead atoms. The number of anilines is 1. The number of hydrogen-bond acceptors (Lipinski definition) is 4. The molecule has 0 saturated carbocycles. The van der Waals surface area contributed by atoms with E-state index in [4.69, 9.17) is 0 Å². The van der Waals surface area contributed by atoms with E-state index >= 15 is 0 Å². The van der Waals surface area contributed by atoms with Gasteiger partial charge in [-0.2, -0.15) is 0 Å². The lowest BCUT2D eigenvalue weighted by atomic mass is 10.1. The molecule has 3 aromatic rings. The normalized spacial score (nSPS) is 15.9. The van der Waals surface area contributed by atoms with Crippen LogP contribution >= 0.6 is 0 Å². The molecule has 4 rings (SSSR count). The Hall–Kier alpha value is -3.67. The van der Waals surface area contributed by atoms with Crippen LogP contribution in [0.15, 0.2) is 79.0 Å². The first-order valence-corrected chi connectivity index (χ1v) is 9.93. The number of hydrogen-bond donors (Lipinski definition) is 1. The summed E-state index contributed by atoms with van der Waals surface area (Å²) >= 11 is 0. The van der Waals surface area contributed by atoms with Crippen LogP contribution < -0.4 is 4.90 Å². The highest BCUT2D eigenvalue weighted by Gasteiger charge is 2.37. The van der Waals surface area contributed by atoms with E-state index in [1.807, 2.05) is 48.5 Å². The van der Waals surface area contributed by atoms with Gasteiger partial charge in [-0.3, -0.25) is 14.6 Å². The maximum absolute atomic E-state index is 13.5. The Kier molecular flexibility index (Phi) is 5.75. The molecule has 2 aromatic carbocycles. The Morgan fingerprint density at radius 3 is 2.50 bits per heavy atom. The maximum Gasteiger partial charge on any atom is 0.232 e. The minimum atomic E-state index is -0.468. The van der Waals surface area contributed by atoms with Gasteiger partial charge in [-0.15, -0.1) is 0 Å². The van der Waals surface area contributed by atoms with Crippen molar-refractivity contribution in [3.05, 3.63) is 90.3 Å². The van der Waals surface area contributed by atoms with Gasteiger partial charge in [-0.25, -0.2) is 0 Å². The molecule has 0 radical (unpaired) electrons. The number of carbonyl (C=O) groups is 2. The molecule has 1 unspecified atom stereocenters. The van der Waals surface area contributed by atoms with Gasteiger partial charge in [0.05, 0.1) is 23.8 Å². The zero-order valence-electron chi connectivity index (χ0n) is 16.5. The molecule has 0 spiro atoms. The first kappa shape index (κ1) is 19.6. The molecule has 152 valence electrons. The van der Waals surface area contributed by atoms with Gasteiger partial charge >= 0.3 is 0 Å². The lowest BCUT2D eigenvalue weighted by molar-refractivity contribution is -0.128. The smallest absolute Gasteiger partial charge is 0.232 e. The molecule has 1 saturated heterocycles. The molecule has 0 aliphatic carbocycles. The highest BCUT2D eigenvalue weighted by Crippen LogP contribution is 2.31. The maximum atomic E-state index is 13.5. The average molecular weight is 401 g/mol. The van der Waals surface area contributed by atoms with Crippen molar-refractivity contribution < 1.29 is 14.7 Å². The Bertz CT molecular complexity index is 1020. The molecule has 2 amide bonds. The number of pyridine rings is 1. The number of phenols is 1. The highest BCUT2D eigenvalue weighted by molar-refractivity contribution is 5.99. The fourth-order valence-electron chi connectivity index (χ4n) is 3.74. The topological polar surface area (TPSA) is 73.7 Å². The molecule has 30 heavy (non-hydrogen) atoms. The number of amides is 2. The molecule has 2 heterocycles. The predicted octanol–water partition coefficient (Wildman–Crippen LogP) is 3.37. The second kappa shape index (κ2) is 8.78. The number of benzene rings is 2. The minimum absolute atomic E-state index is 0.0206. The molecule has 1 atom stereocenters. The fraction of sp³-hybridized carbons (Fsp3) is 0.208. The van der Waals surface area contributed by atoms with Crippen molar-refractivity contribution in [1.82, 2.24) is 9.88 Å². The molecular formula is C24H23N3O3. The van der Waals surface area contributed by atoms with Crippen molar-refractivity contribution in [3.8, 4) is 5.75 Å². The van der Waals surface area contributed by atoms with Gasteiger partial charge in [0, 0.05) is 25.7 Å². The Morgan fingerprint density at radius 2 is 1.77 bits per heavy atom. The van der Waals surface area contributed by atoms with E-state index in [0.717, 1.165) is 5.56 Å². The number of likely N-dealkylation sites (tertiary alicyclic amines) is 1. The summed E-state index contributed by atoms with van der Waals surface area (Å²) in [5.41, 5.74) is 2.16. The van der Waals surface area contributed by atoms with Crippen LogP contribution in [0, 0.1) is 5.92 Å². The van der Waals surface area contributed by atoms with Crippen molar-refractivity contribution in [2.75, 3.05) is 11.4 Å². The average Bonchev–Trinajstić information content (AvgIpc) is 3.14. The van der Waals surface area contributed by atoms with Gasteiger partial charge in [-0.1, -0.05) is 48.5 Å². The quantitative estimate of drug-likeness (QED) is 0.687. The van der Waals surface area contributed by atoms with Crippen LogP contribution in [0.4, 0.5) is 5.69 Å². The summed E-state index contributed by atoms with van der Waals surface area (Å²) in [6.07, 6.45) is 1.83. The summed E-state index contributed by atoms with van der Waals surface area (Å²) in [6.45, 7) is 1.07. The second-order valence-electron chi connectivity index (χ2n) is 7.40. The third kappa shape index (κ3) is 4.33. The van der Waals surface area contributed by atoms with Crippen LogP contribution in [0.3, 0.4) is 0 Å². The lowest BCUT2D eigenvalue weighted by Crippen LogP contribution is -2.37. The monoisotopic (exact) mass is 401 g/mol. The molecule has 1 aliphatic rings. The van der Waals surface area contributed by atoms with E-state index in [-0.39, 0.29) is 30.5 Å². The van der Waals surface area contributed by atoms with Gasteiger partial charge in [-0.05, 0) is 29.8 Å². The second-order valence-corrected chi connectivity index (χ2v) is 7.40. The summed E-state index contributed by atoms with van der Waals surface area (Å²) in [4.78, 5) is 33.6. The Balaban J connectivity index is 1.56. The molecule has 1 aliphatic heterocycles. The van der Waals surface area contributed by atoms with Crippen LogP contribution in [-0.2, 0) is 22.7 Å². The van der Waals surface area contributed by atoms with Crippen LogP contribution in [0.2, 0.25) is 0 Å². The summed E-state index contributed by atoms with van der Waals surface area (Å²) in [5.74, 6) is -0.671. The van der Waals surface area contributed by atoms with Gasteiger partial charge in [0.1, 0.15) is 5.75 Å². The highest BCUT2D eigenvalue weighted by atomic mass is 16.3. The predicted molar refractivity (Wildman–Crippen MR) is 113 cm³/mol. The van der Waals surface area contributed by atoms with Crippen LogP contribution in [0.5, 0.6) is 5.75 Å². The van der Waals surface area contributed by atoms with Crippen molar-refractivity contribution in [3.63, 3.8) is 0 Å². The molecule has 1 fully saturated rings. The first-order chi connectivity index (χ1) is 14.6. The van der Waals surface area contributed by atoms with Crippen LogP contribution in [0.1, 0.15) is 17.7 Å². The third-order valence-corrected chi connectivity index (χ3v) is 5.26. The van der Waals surface area contributed by atoms with Crippen molar-refractivity contribution >= 4 is 17.5 Å². The van der Waals surface area contributed by atoms with E-state index < -0.39 is 5.92 Å². The molecular weight excluding hydrogens is 378 g/mol. The SMILES string of the molecule is O=C1CC(C(=O)N(Cc2ccccn2)c2ccccc2O)CN1Cc1ccccc1. The van der Waals surface area contributed by atoms with Crippen molar-refractivity contribution in [2.24, 2.45) is 5.92 Å². The van der Waals surface area contributed by atoms with E-state index in [1.54, 1.807) is 35.4 Å². The Labute approximate surface area is 175 Å². The Morgan fingerprint density at radius 1 is 1.03 bits per heavy atom. The largest absolute Gasteiger partial charge is 0.506 e. The minimum Gasteiger partial charge on any atom is -0.506 e. The number of rotatable bonds is 6. The van der Waals surface area contributed by atoms with E-state index in [0.29, 0.717) is 24.5 Å². The van der Waals surface area contributed by atoms with Crippen LogP contribution in [0.25, 0.3) is 0 Å².